The summed E-state index contributed by atoms with van der Waals surface area (Å²) in [6.45, 7) is 12.0. The van der Waals surface area contributed by atoms with Crippen molar-refractivity contribution in [1.29, 1.82) is 0 Å². The van der Waals surface area contributed by atoms with Gasteiger partial charge in [-0.1, -0.05) is 20.3 Å². The maximum atomic E-state index is 6.26. The fourth-order valence-corrected chi connectivity index (χ4v) is 3.00. The van der Waals surface area contributed by atoms with E-state index in [0.717, 1.165) is 38.9 Å². The maximum absolute atomic E-state index is 6.26. The summed E-state index contributed by atoms with van der Waals surface area (Å²) in [5.74, 6) is 0.632. The molecule has 0 aliphatic carbocycles. The summed E-state index contributed by atoms with van der Waals surface area (Å²) in [7, 11) is 0. The summed E-state index contributed by atoms with van der Waals surface area (Å²) >= 11 is 0. The van der Waals surface area contributed by atoms with Gasteiger partial charge in [-0.05, 0) is 18.9 Å². The molecule has 0 aromatic heterocycles. The van der Waals surface area contributed by atoms with Crippen molar-refractivity contribution in [3.05, 3.63) is 0 Å². The van der Waals surface area contributed by atoms with Gasteiger partial charge in [0.1, 0.15) is 0 Å². The van der Waals surface area contributed by atoms with Crippen LogP contribution in [-0.4, -0.2) is 67.8 Å². The lowest BCUT2D eigenvalue weighted by atomic mass is 10.00. The predicted octanol–water partition coefficient (Wildman–Crippen LogP) is 0.766. The molecule has 106 valence electrons. The van der Waals surface area contributed by atoms with Crippen LogP contribution in [-0.2, 0) is 4.74 Å². The average Bonchev–Trinajstić information content (AvgIpc) is 2.87. The van der Waals surface area contributed by atoms with Crippen LogP contribution in [0.4, 0.5) is 0 Å². The molecule has 0 radical (unpaired) electrons. The maximum Gasteiger partial charge on any atom is 0.0594 e. The highest BCUT2D eigenvalue weighted by Gasteiger charge is 2.29. The molecule has 0 aromatic rings. The molecule has 4 nitrogen and oxygen atoms in total. The molecule has 3 unspecified atom stereocenters. The van der Waals surface area contributed by atoms with Gasteiger partial charge in [-0.25, -0.2) is 0 Å². The average molecular weight is 255 g/mol. The van der Waals surface area contributed by atoms with Crippen molar-refractivity contribution in [2.45, 2.75) is 38.8 Å². The Morgan fingerprint density at radius 3 is 2.67 bits per heavy atom. The lowest BCUT2D eigenvalue weighted by Crippen LogP contribution is -2.46. The highest BCUT2D eigenvalue weighted by atomic mass is 16.5. The van der Waals surface area contributed by atoms with Crippen LogP contribution in [0.1, 0.15) is 26.7 Å². The van der Waals surface area contributed by atoms with Gasteiger partial charge < -0.3 is 15.4 Å². The number of ether oxygens (including phenoxy) is 1. The van der Waals surface area contributed by atoms with Crippen LogP contribution in [0.3, 0.4) is 0 Å². The Morgan fingerprint density at radius 1 is 1.28 bits per heavy atom. The molecule has 2 saturated heterocycles. The summed E-state index contributed by atoms with van der Waals surface area (Å²) in [4.78, 5) is 5.15. The first-order chi connectivity index (χ1) is 8.70. The summed E-state index contributed by atoms with van der Waals surface area (Å²) in [5.41, 5.74) is 6.26. The molecule has 0 spiro atoms. The fraction of sp³-hybridized carbons (Fsp3) is 1.00. The van der Waals surface area contributed by atoms with E-state index in [1.165, 1.54) is 25.9 Å². The van der Waals surface area contributed by atoms with E-state index >= 15 is 0 Å². The summed E-state index contributed by atoms with van der Waals surface area (Å²) < 4.78 is 5.42. The van der Waals surface area contributed by atoms with Crippen LogP contribution in [0.2, 0.25) is 0 Å². The van der Waals surface area contributed by atoms with Crippen molar-refractivity contribution >= 4 is 0 Å². The molecular weight excluding hydrogens is 226 g/mol. The second-order valence-corrected chi connectivity index (χ2v) is 5.90. The van der Waals surface area contributed by atoms with Gasteiger partial charge in [0.05, 0.1) is 13.2 Å². The fourth-order valence-electron chi connectivity index (χ4n) is 3.00. The first kappa shape index (κ1) is 14.3. The van der Waals surface area contributed by atoms with E-state index < -0.39 is 0 Å². The number of rotatable bonds is 5. The van der Waals surface area contributed by atoms with E-state index in [-0.39, 0.29) is 0 Å². The third-order valence-corrected chi connectivity index (χ3v) is 4.65. The molecule has 0 saturated carbocycles. The molecule has 2 aliphatic rings. The molecule has 2 N–H and O–H groups in total. The van der Waals surface area contributed by atoms with Crippen LogP contribution >= 0.6 is 0 Å². The standard InChI is InChI=1S/C14H29N3O/c1-3-12(2)14(15)11-16-5-4-13(10-16)17-6-8-18-9-7-17/h12-14H,3-11,15H2,1-2H3. The van der Waals surface area contributed by atoms with Gasteiger partial charge in [0.15, 0.2) is 0 Å². The molecule has 0 bridgehead atoms. The van der Waals surface area contributed by atoms with E-state index in [4.69, 9.17) is 10.5 Å². The van der Waals surface area contributed by atoms with Crippen LogP contribution in [0, 0.1) is 5.92 Å². The van der Waals surface area contributed by atoms with Crippen molar-refractivity contribution in [1.82, 2.24) is 9.80 Å². The number of likely N-dealkylation sites (tertiary alicyclic amines) is 1. The Morgan fingerprint density at radius 2 is 2.00 bits per heavy atom. The molecule has 4 heteroatoms. The van der Waals surface area contributed by atoms with Crippen LogP contribution < -0.4 is 5.73 Å². The topological polar surface area (TPSA) is 41.7 Å². The molecule has 2 rings (SSSR count). The minimum absolute atomic E-state index is 0.332. The van der Waals surface area contributed by atoms with Crippen molar-refractivity contribution < 1.29 is 4.74 Å². The molecule has 2 fully saturated rings. The van der Waals surface area contributed by atoms with Gasteiger partial charge in [0.25, 0.3) is 0 Å². The van der Waals surface area contributed by atoms with E-state index in [1.54, 1.807) is 0 Å². The molecule has 0 aromatic carbocycles. The Bertz CT molecular complexity index is 243. The molecular formula is C14H29N3O. The zero-order valence-corrected chi connectivity index (χ0v) is 12.0. The highest BCUT2D eigenvalue weighted by molar-refractivity contribution is 4.86. The van der Waals surface area contributed by atoms with Gasteiger partial charge in [-0.2, -0.15) is 0 Å². The van der Waals surface area contributed by atoms with Gasteiger partial charge >= 0.3 is 0 Å². The Hall–Kier alpha value is -0.160. The van der Waals surface area contributed by atoms with Crippen molar-refractivity contribution in [3.8, 4) is 0 Å². The lowest BCUT2D eigenvalue weighted by Gasteiger charge is -2.32. The van der Waals surface area contributed by atoms with Crippen LogP contribution in [0.15, 0.2) is 0 Å². The highest BCUT2D eigenvalue weighted by Crippen LogP contribution is 2.18. The quantitative estimate of drug-likeness (QED) is 0.788. The SMILES string of the molecule is CCC(C)C(N)CN1CCC(N2CCOCC2)C1. The van der Waals surface area contributed by atoms with Gasteiger partial charge in [-0.15, -0.1) is 0 Å². The zero-order chi connectivity index (χ0) is 13.0. The Balaban J connectivity index is 1.74. The number of morpholine rings is 1. The predicted molar refractivity (Wildman–Crippen MR) is 74.7 cm³/mol. The van der Waals surface area contributed by atoms with Crippen LogP contribution in [0.25, 0.3) is 0 Å². The minimum Gasteiger partial charge on any atom is -0.379 e. The van der Waals surface area contributed by atoms with E-state index in [9.17, 15) is 0 Å². The number of hydrogen-bond acceptors (Lipinski definition) is 4. The smallest absolute Gasteiger partial charge is 0.0594 e. The second-order valence-electron chi connectivity index (χ2n) is 5.90. The first-order valence-corrected chi connectivity index (χ1v) is 7.50. The van der Waals surface area contributed by atoms with E-state index in [0.29, 0.717) is 12.0 Å². The van der Waals surface area contributed by atoms with Gasteiger partial charge in [0.2, 0.25) is 0 Å². The van der Waals surface area contributed by atoms with Crippen LogP contribution in [0.5, 0.6) is 0 Å². The van der Waals surface area contributed by atoms with E-state index in [1.807, 2.05) is 0 Å². The summed E-state index contributed by atoms with van der Waals surface area (Å²) in [6, 6.07) is 1.07. The molecule has 2 heterocycles. The van der Waals surface area contributed by atoms with Crippen molar-refractivity contribution in [2.75, 3.05) is 45.9 Å². The third-order valence-electron chi connectivity index (χ3n) is 4.65. The van der Waals surface area contributed by atoms with Gasteiger partial charge in [-0.3, -0.25) is 4.90 Å². The largest absolute Gasteiger partial charge is 0.379 e. The second kappa shape index (κ2) is 6.85. The van der Waals surface area contributed by atoms with Crippen molar-refractivity contribution in [3.63, 3.8) is 0 Å². The molecule has 18 heavy (non-hydrogen) atoms. The number of hydrogen-bond donors (Lipinski definition) is 1. The summed E-state index contributed by atoms with van der Waals surface area (Å²) in [5, 5.41) is 0. The molecule has 0 amide bonds. The number of nitrogens with zero attached hydrogens (tertiary/aromatic N) is 2. The van der Waals surface area contributed by atoms with E-state index in [2.05, 4.69) is 23.6 Å². The Kier molecular flexibility index (Phi) is 5.42. The van der Waals surface area contributed by atoms with Crippen molar-refractivity contribution in [2.24, 2.45) is 11.7 Å². The lowest BCUT2D eigenvalue weighted by molar-refractivity contribution is 0.0183. The summed E-state index contributed by atoms with van der Waals surface area (Å²) in [6.07, 6.45) is 2.48. The minimum atomic E-state index is 0.332. The molecule has 2 aliphatic heterocycles. The van der Waals surface area contributed by atoms with Gasteiger partial charge in [0, 0.05) is 38.3 Å². The first-order valence-electron chi connectivity index (χ1n) is 7.50. The third kappa shape index (κ3) is 3.67. The molecule has 3 atom stereocenters. The monoisotopic (exact) mass is 255 g/mol. The Labute approximate surface area is 111 Å². The normalized spacial score (nSPS) is 30.5. The zero-order valence-electron chi connectivity index (χ0n) is 12.0. The number of nitrogens with two attached hydrogens (primary N) is 1.